The summed E-state index contributed by atoms with van der Waals surface area (Å²) in [7, 11) is 0. The number of hydrogen-bond donors (Lipinski definition) is 1. The van der Waals surface area contributed by atoms with E-state index in [1.807, 2.05) is 25.1 Å². The second kappa shape index (κ2) is 8.48. The van der Waals surface area contributed by atoms with Crippen LogP contribution in [-0.2, 0) is 11.3 Å². The van der Waals surface area contributed by atoms with Gasteiger partial charge in [-0.1, -0.05) is 59.5 Å². The summed E-state index contributed by atoms with van der Waals surface area (Å²) < 4.78 is 3.30. The highest BCUT2D eigenvalue weighted by Crippen LogP contribution is 2.26. The zero-order chi connectivity index (χ0) is 19.5. The quantitative estimate of drug-likeness (QED) is 0.561. The van der Waals surface area contributed by atoms with Crippen LogP contribution in [-0.4, -0.2) is 15.5 Å². The van der Waals surface area contributed by atoms with E-state index < -0.39 is 0 Å². The Morgan fingerprint density at radius 1 is 1.14 bits per heavy atom. The zero-order valence-electron chi connectivity index (χ0n) is 16.2. The van der Waals surface area contributed by atoms with E-state index in [1.165, 1.54) is 12.0 Å². The average molecular weight is 440 g/mol. The highest BCUT2D eigenvalue weighted by molar-refractivity contribution is 9.10. The van der Waals surface area contributed by atoms with E-state index in [1.54, 1.807) is 0 Å². The first-order valence-electron chi connectivity index (χ1n) is 10.1. The Balaban J connectivity index is 1.61. The largest absolute Gasteiger partial charge is 0.346 e. The molecule has 1 aromatic heterocycles. The summed E-state index contributed by atoms with van der Waals surface area (Å²) in [6, 6.07) is 16.4. The molecule has 146 valence electrons. The third-order valence-corrected chi connectivity index (χ3v) is 6.19. The van der Waals surface area contributed by atoms with Crippen LogP contribution in [0.4, 0.5) is 0 Å². The lowest BCUT2D eigenvalue weighted by atomic mass is 9.88. The predicted octanol–water partition coefficient (Wildman–Crippen LogP) is 5.60. The van der Waals surface area contributed by atoms with Crippen molar-refractivity contribution in [3.63, 3.8) is 0 Å². The van der Waals surface area contributed by atoms with Gasteiger partial charge < -0.3 is 9.88 Å². The summed E-state index contributed by atoms with van der Waals surface area (Å²) in [6.45, 7) is 2.77. The lowest BCUT2D eigenvalue weighted by Crippen LogP contribution is -2.35. The van der Waals surface area contributed by atoms with E-state index in [9.17, 15) is 4.79 Å². The minimum absolute atomic E-state index is 0.128. The minimum atomic E-state index is -0.128. The summed E-state index contributed by atoms with van der Waals surface area (Å²) in [5.74, 6) is 1.24. The van der Waals surface area contributed by atoms with Crippen LogP contribution >= 0.6 is 15.9 Å². The van der Waals surface area contributed by atoms with Crippen molar-refractivity contribution in [3.05, 3.63) is 64.4 Å². The molecule has 2 aromatic carbocycles. The molecule has 1 amide bonds. The molecule has 0 saturated heterocycles. The highest BCUT2D eigenvalue weighted by atomic mass is 79.9. The molecule has 0 bridgehead atoms. The Morgan fingerprint density at radius 3 is 2.61 bits per heavy atom. The number of imidazole rings is 1. The van der Waals surface area contributed by atoms with Crippen LogP contribution < -0.4 is 5.32 Å². The number of hydrogen-bond acceptors (Lipinski definition) is 2. The van der Waals surface area contributed by atoms with Gasteiger partial charge in [-0.15, -0.1) is 0 Å². The maximum atomic E-state index is 12.8. The van der Waals surface area contributed by atoms with Gasteiger partial charge in [0, 0.05) is 16.9 Å². The van der Waals surface area contributed by atoms with Crippen LogP contribution in [0.2, 0.25) is 0 Å². The van der Waals surface area contributed by atoms with Crippen LogP contribution in [0.1, 0.15) is 56.5 Å². The van der Waals surface area contributed by atoms with E-state index >= 15 is 0 Å². The minimum Gasteiger partial charge on any atom is -0.346 e. The fourth-order valence-corrected chi connectivity index (χ4v) is 4.39. The smallest absolute Gasteiger partial charge is 0.223 e. The normalized spacial score (nSPS) is 16.2. The Kier molecular flexibility index (Phi) is 5.81. The second-order valence-electron chi connectivity index (χ2n) is 7.74. The van der Waals surface area contributed by atoms with Crippen molar-refractivity contribution < 1.29 is 4.79 Å². The third kappa shape index (κ3) is 4.14. The Morgan fingerprint density at radius 2 is 1.86 bits per heavy atom. The molecular weight excluding hydrogens is 414 g/mol. The number of para-hydroxylation sites is 2. The number of aromatic nitrogens is 2. The number of halogens is 1. The SMILES string of the molecule is CC(NC(=O)C1CCCCC1)c1nc2ccccc2n1Cc1ccc(Br)cc1. The van der Waals surface area contributed by atoms with Gasteiger partial charge in [0.05, 0.1) is 17.1 Å². The summed E-state index contributed by atoms with van der Waals surface area (Å²) in [5.41, 5.74) is 3.27. The third-order valence-electron chi connectivity index (χ3n) is 5.66. The molecule has 1 heterocycles. The molecule has 0 aliphatic heterocycles. The molecule has 4 nitrogen and oxygen atoms in total. The summed E-state index contributed by atoms with van der Waals surface area (Å²) >= 11 is 3.50. The molecule has 1 unspecified atom stereocenters. The zero-order valence-corrected chi connectivity index (χ0v) is 17.8. The Bertz CT molecular complexity index is 958. The van der Waals surface area contributed by atoms with Crippen molar-refractivity contribution in [2.45, 2.75) is 51.6 Å². The number of nitrogens with one attached hydrogen (secondary N) is 1. The molecule has 1 fully saturated rings. The summed E-state index contributed by atoms with van der Waals surface area (Å²) in [5, 5.41) is 3.23. The van der Waals surface area contributed by atoms with E-state index in [0.717, 1.165) is 53.6 Å². The van der Waals surface area contributed by atoms with Gasteiger partial charge in [0.25, 0.3) is 0 Å². The molecule has 1 aliphatic rings. The van der Waals surface area contributed by atoms with E-state index in [0.29, 0.717) is 0 Å². The van der Waals surface area contributed by atoms with Crippen LogP contribution in [0.15, 0.2) is 53.0 Å². The number of fused-ring (bicyclic) bond motifs is 1. The van der Waals surface area contributed by atoms with Crippen molar-refractivity contribution >= 4 is 32.9 Å². The molecular formula is C23H26BrN3O. The Hall–Kier alpha value is -2.14. The maximum absolute atomic E-state index is 12.8. The molecule has 1 saturated carbocycles. The van der Waals surface area contributed by atoms with Crippen LogP contribution in [0, 0.1) is 5.92 Å². The molecule has 4 rings (SSSR count). The van der Waals surface area contributed by atoms with E-state index in [-0.39, 0.29) is 17.9 Å². The number of benzene rings is 2. The monoisotopic (exact) mass is 439 g/mol. The van der Waals surface area contributed by atoms with Gasteiger partial charge in [-0.05, 0) is 49.6 Å². The van der Waals surface area contributed by atoms with E-state index in [4.69, 9.17) is 4.98 Å². The average Bonchev–Trinajstić information content (AvgIpc) is 3.09. The fourth-order valence-electron chi connectivity index (χ4n) is 4.12. The lowest BCUT2D eigenvalue weighted by molar-refractivity contribution is -0.126. The van der Waals surface area contributed by atoms with Crippen LogP contribution in [0.25, 0.3) is 11.0 Å². The summed E-state index contributed by atoms with van der Waals surface area (Å²) in [4.78, 5) is 17.6. The standard InChI is InChI=1S/C23H26BrN3O/c1-16(25-23(28)18-7-3-2-4-8-18)22-26-20-9-5-6-10-21(20)27(22)15-17-11-13-19(24)14-12-17/h5-6,9-14,16,18H,2-4,7-8,15H2,1H3,(H,25,28). The molecule has 28 heavy (non-hydrogen) atoms. The van der Waals surface area contributed by atoms with Gasteiger partial charge in [-0.2, -0.15) is 0 Å². The first-order valence-corrected chi connectivity index (χ1v) is 10.9. The van der Waals surface area contributed by atoms with Crippen LogP contribution in [0.5, 0.6) is 0 Å². The van der Waals surface area contributed by atoms with Gasteiger partial charge in [0.15, 0.2) is 0 Å². The van der Waals surface area contributed by atoms with Crippen molar-refractivity contribution in [1.29, 1.82) is 0 Å². The molecule has 1 aliphatic carbocycles. The van der Waals surface area contributed by atoms with Crippen molar-refractivity contribution in [1.82, 2.24) is 14.9 Å². The van der Waals surface area contributed by atoms with Gasteiger partial charge in [0.1, 0.15) is 5.82 Å². The lowest BCUT2D eigenvalue weighted by Gasteiger charge is -2.23. The van der Waals surface area contributed by atoms with Gasteiger partial charge in [-0.3, -0.25) is 4.79 Å². The second-order valence-corrected chi connectivity index (χ2v) is 8.65. The molecule has 5 heteroatoms. The first-order chi connectivity index (χ1) is 13.6. The fraction of sp³-hybridized carbons (Fsp3) is 0.391. The van der Waals surface area contributed by atoms with Crippen LogP contribution in [0.3, 0.4) is 0 Å². The highest BCUT2D eigenvalue weighted by Gasteiger charge is 2.24. The summed E-state index contributed by atoms with van der Waals surface area (Å²) in [6.07, 6.45) is 5.59. The molecule has 1 atom stereocenters. The number of amides is 1. The van der Waals surface area contributed by atoms with Gasteiger partial charge in [-0.25, -0.2) is 4.98 Å². The maximum Gasteiger partial charge on any atom is 0.223 e. The number of carbonyl (C=O) groups excluding carboxylic acids is 1. The first kappa shape index (κ1) is 19.2. The van der Waals surface area contributed by atoms with Gasteiger partial charge >= 0.3 is 0 Å². The van der Waals surface area contributed by atoms with Crippen molar-refractivity contribution in [2.75, 3.05) is 0 Å². The molecule has 0 spiro atoms. The predicted molar refractivity (Wildman–Crippen MR) is 116 cm³/mol. The number of carbonyl (C=O) groups is 1. The van der Waals surface area contributed by atoms with E-state index in [2.05, 4.69) is 56.1 Å². The molecule has 1 N–H and O–H groups in total. The van der Waals surface area contributed by atoms with Crippen molar-refractivity contribution in [2.24, 2.45) is 5.92 Å². The molecule has 0 radical (unpaired) electrons. The molecule has 3 aromatic rings. The number of rotatable bonds is 5. The van der Waals surface area contributed by atoms with Crippen molar-refractivity contribution in [3.8, 4) is 0 Å². The topological polar surface area (TPSA) is 46.9 Å². The number of nitrogens with zero attached hydrogens (tertiary/aromatic N) is 2. The Labute approximate surface area is 174 Å². The van der Waals surface area contributed by atoms with Gasteiger partial charge in [0.2, 0.25) is 5.91 Å².